The van der Waals surface area contributed by atoms with Gasteiger partial charge in [-0.25, -0.2) is 9.97 Å². The Bertz CT molecular complexity index is 1260. The van der Waals surface area contributed by atoms with E-state index in [1.165, 1.54) is 11.8 Å². The molecule has 1 unspecified atom stereocenters. The lowest BCUT2D eigenvalue weighted by Crippen LogP contribution is -2.28. The molecule has 0 saturated heterocycles. The largest absolute Gasteiger partial charge is 0.486 e. The van der Waals surface area contributed by atoms with Gasteiger partial charge in [-0.2, -0.15) is 0 Å². The van der Waals surface area contributed by atoms with Crippen molar-refractivity contribution in [3.63, 3.8) is 0 Å². The zero-order chi connectivity index (χ0) is 21.9. The number of fused-ring (bicyclic) bond motifs is 2. The molecule has 0 saturated carbocycles. The van der Waals surface area contributed by atoms with Gasteiger partial charge in [0.1, 0.15) is 18.2 Å². The fourth-order valence-corrected chi connectivity index (χ4v) is 4.99. The number of hydrogen-bond donors (Lipinski definition) is 1. The van der Waals surface area contributed by atoms with E-state index in [1.54, 1.807) is 11.3 Å². The van der Waals surface area contributed by atoms with Gasteiger partial charge in [0, 0.05) is 5.39 Å². The molecule has 162 valence electrons. The van der Waals surface area contributed by atoms with Crippen molar-refractivity contribution in [1.29, 1.82) is 0 Å². The summed E-state index contributed by atoms with van der Waals surface area (Å²) in [4.78, 5) is 23.2. The van der Waals surface area contributed by atoms with Crippen molar-refractivity contribution in [3.05, 3.63) is 65.5 Å². The smallest absolute Gasteiger partial charge is 0.230 e. The summed E-state index contributed by atoms with van der Waals surface area (Å²) in [5, 5.41) is 6.83. The van der Waals surface area contributed by atoms with Gasteiger partial charge in [-0.1, -0.05) is 42.1 Å². The average Bonchev–Trinajstić information content (AvgIpc) is 3.37. The van der Waals surface area contributed by atoms with E-state index in [2.05, 4.69) is 5.32 Å². The van der Waals surface area contributed by atoms with Crippen LogP contribution in [0.1, 0.15) is 18.5 Å². The maximum atomic E-state index is 12.7. The van der Waals surface area contributed by atoms with E-state index in [-0.39, 0.29) is 17.7 Å². The van der Waals surface area contributed by atoms with Gasteiger partial charge in [-0.15, -0.1) is 11.3 Å². The highest BCUT2D eigenvalue weighted by atomic mass is 32.2. The van der Waals surface area contributed by atoms with Crippen LogP contribution >= 0.6 is 23.1 Å². The summed E-state index contributed by atoms with van der Waals surface area (Å²) in [5.41, 5.74) is 1.85. The maximum Gasteiger partial charge on any atom is 0.230 e. The number of para-hydroxylation sites is 1. The molecule has 2 aromatic heterocycles. The Hall–Kier alpha value is -3.10. The third kappa shape index (κ3) is 4.42. The Balaban J connectivity index is 1.29. The normalized spacial score (nSPS) is 13.7. The number of rotatable bonds is 6. The van der Waals surface area contributed by atoms with Gasteiger partial charge in [0.25, 0.3) is 0 Å². The van der Waals surface area contributed by atoms with Gasteiger partial charge in [-0.05, 0) is 42.1 Å². The number of hydrogen-bond acceptors (Lipinski definition) is 7. The summed E-state index contributed by atoms with van der Waals surface area (Å²) in [6.45, 7) is 3.05. The van der Waals surface area contributed by atoms with Crippen molar-refractivity contribution in [1.82, 2.24) is 15.3 Å². The van der Waals surface area contributed by atoms with Crippen molar-refractivity contribution < 1.29 is 14.3 Å². The number of thiophene rings is 1. The third-order valence-electron chi connectivity index (χ3n) is 5.09. The molecule has 1 N–H and O–H groups in total. The van der Waals surface area contributed by atoms with Crippen LogP contribution in [0.4, 0.5) is 0 Å². The van der Waals surface area contributed by atoms with Crippen LogP contribution in [0.5, 0.6) is 11.5 Å². The monoisotopic (exact) mass is 463 g/mol. The molecule has 8 heteroatoms. The van der Waals surface area contributed by atoms with Crippen LogP contribution in [0.25, 0.3) is 21.6 Å². The Labute approximate surface area is 194 Å². The minimum atomic E-state index is -0.150. The highest BCUT2D eigenvalue weighted by molar-refractivity contribution is 8.00. The summed E-state index contributed by atoms with van der Waals surface area (Å²) >= 11 is 3.03. The Kier molecular flexibility index (Phi) is 5.96. The zero-order valence-corrected chi connectivity index (χ0v) is 19.0. The van der Waals surface area contributed by atoms with E-state index >= 15 is 0 Å². The number of aromatic nitrogens is 2. The topological polar surface area (TPSA) is 73.3 Å². The molecule has 0 aliphatic carbocycles. The number of carbonyl (C=O) groups is 1. The van der Waals surface area contributed by atoms with Crippen LogP contribution in [-0.4, -0.2) is 34.8 Å². The molecule has 32 heavy (non-hydrogen) atoms. The minimum absolute atomic E-state index is 0.0576. The highest BCUT2D eigenvalue weighted by Crippen LogP contribution is 2.33. The summed E-state index contributed by atoms with van der Waals surface area (Å²) in [6, 6.07) is 17.5. The number of benzene rings is 2. The van der Waals surface area contributed by atoms with Gasteiger partial charge >= 0.3 is 0 Å². The second-order valence-electron chi connectivity index (χ2n) is 7.33. The SMILES string of the molecule is CC(NC(=O)CSc1nc(-c2cccs2)nc2ccccc12)c1ccc2c(c1)OCCO2. The van der Waals surface area contributed by atoms with Crippen LogP contribution < -0.4 is 14.8 Å². The highest BCUT2D eigenvalue weighted by Gasteiger charge is 2.17. The summed E-state index contributed by atoms with van der Waals surface area (Å²) in [6.07, 6.45) is 0. The predicted molar refractivity (Wildman–Crippen MR) is 128 cm³/mol. The summed E-state index contributed by atoms with van der Waals surface area (Å²) < 4.78 is 11.2. The second-order valence-corrected chi connectivity index (χ2v) is 9.24. The van der Waals surface area contributed by atoms with E-state index in [9.17, 15) is 4.79 Å². The van der Waals surface area contributed by atoms with Crippen molar-refractivity contribution in [2.24, 2.45) is 0 Å². The van der Waals surface area contributed by atoms with Crippen LogP contribution in [0.2, 0.25) is 0 Å². The number of nitrogens with one attached hydrogen (secondary N) is 1. The van der Waals surface area contributed by atoms with Crippen molar-refractivity contribution in [3.8, 4) is 22.2 Å². The first-order valence-corrected chi connectivity index (χ1v) is 12.2. The van der Waals surface area contributed by atoms with E-state index in [1.807, 2.05) is 66.9 Å². The lowest BCUT2D eigenvalue weighted by molar-refractivity contribution is -0.119. The molecule has 0 bridgehead atoms. The fraction of sp³-hybridized carbons (Fsp3) is 0.208. The predicted octanol–water partition coefficient (Wildman–Crippen LogP) is 5.10. The zero-order valence-electron chi connectivity index (χ0n) is 17.4. The summed E-state index contributed by atoms with van der Waals surface area (Å²) in [7, 11) is 0. The first-order chi connectivity index (χ1) is 15.7. The number of thioether (sulfide) groups is 1. The number of amides is 1. The quantitative estimate of drug-likeness (QED) is 0.317. The Morgan fingerprint density at radius 2 is 1.94 bits per heavy atom. The minimum Gasteiger partial charge on any atom is -0.486 e. The van der Waals surface area contributed by atoms with Crippen LogP contribution in [0.15, 0.2) is 65.0 Å². The molecule has 0 radical (unpaired) electrons. The molecule has 0 spiro atoms. The first-order valence-electron chi connectivity index (χ1n) is 10.3. The molecule has 0 fully saturated rings. The van der Waals surface area contributed by atoms with Crippen LogP contribution in [-0.2, 0) is 4.79 Å². The number of nitrogens with zero attached hydrogens (tertiary/aromatic N) is 2. The van der Waals surface area contributed by atoms with Crippen LogP contribution in [0, 0.1) is 0 Å². The summed E-state index contributed by atoms with van der Waals surface area (Å²) in [5.74, 6) is 2.35. The van der Waals surface area contributed by atoms with E-state index in [0.717, 1.165) is 37.9 Å². The molecule has 1 amide bonds. The molecule has 1 atom stereocenters. The molecule has 1 aliphatic heterocycles. The maximum absolute atomic E-state index is 12.7. The van der Waals surface area contributed by atoms with Gasteiger partial charge in [0.15, 0.2) is 17.3 Å². The van der Waals surface area contributed by atoms with Crippen molar-refractivity contribution in [2.75, 3.05) is 19.0 Å². The first kappa shape index (κ1) is 20.8. The van der Waals surface area contributed by atoms with Crippen molar-refractivity contribution in [2.45, 2.75) is 18.0 Å². The molecular weight excluding hydrogens is 442 g/mol. The molecular formula is C24H21N3O3S2. The lowest BCUT2D eigenvalue weighted by Gasteiger charge is -2.21. The molecule has 6 nitrogen and oxygen atoms in total. The molecule has 3 heterocycles. The average molecular weight is 464 g/mol. The second kappa shape index (κ2) is 9.18. The van der Waals surface area contributed by atoms with Gasteiger partial charge in [0.05, 0.1) is 22.2 Å². The van der Waals surface area contributed by atoms with Gasteiger partial charge < -0.3 is 14.8 Å². The van der Waals surface area contributed by atoms with Gasteiger partial charge in [0.2, 0.25) is 5.91 Å². The van der Waals surface area contributed by atoms with Crippen LogP contribution in [0.3, 0.4) is 0 Å². The van der Waals surface area contributed by atoms with Gasteiger partial charge in [-0.3, -0.25) is 4.79 Å². The fourth-order valence-electron chi connectivity index (χ4n) is 3.50. The molecule has 1 aliphatic rings. The molecule has 2 aromatic carbocycles. The van der Waals surface area contributed by atoms with E-state index in [0.29, 0.717) is 19.0 Å². The Morgan fingerprint density at radius 1 is 1.09 bits per heavy atom. The number of carbonyl (C=O) groups excluding carboxylic acids is 1. The molecule has 5 rings (SSSR count). The number of ether oxygens (including phenoxy) is 2. The van der Waals surface area contributed by atoms with E-state index in [4.69, 9.17) is 19.4 Å². The van der Waals surface area contributed by atoms with E-state index < -0.39 is 0 Å². The van der Waals surface area contributed by atoms with Crippen molar-refractivity contribution >= 4 is 39.9 Å². The standard InChI is InChI=1S/C24H21N3O3S2/c1-15(16-8-9-19-20(13-16)30-11-10-29-19)25-22(28)14-32-24-17-5-2-3-6-18(17)26-23(27-24)21-7-4-12-31-21/h2-9,12-13,15H,10-11,14H2,1H3,(H,25,28). The lowest BCUT2D eigenvalue weighted by atomic mass is 10.1. The third-order valence-corrected chi connectivity index (χ3v) is 6.95. The molecule has 4 aromatic rings. The Morgan fingerprint density at radius 3 is 2.78 bits per heavy atom.